The lowest BCUT2D eigenvalue weighted by molar-refractivity contribution is 0.397. The molecule has 1 unspecified atom stereocenters. The normalized spacial score (nSPS) is 15.3. The standard InChI is InChI=1S/C72H71N3/c1-5-6-7-20-41-71(42-21-8-9-22-43-72(56-36-35-54-33-34-55(54)47-56)66-31-18-16-29-62(66)63-30-17-19-32-67(63)72)68-48-59(74(57-24-12-10-13-25-57)61-28-23-44-73-50-61)37-39-64(68)65-40-38-60(49-69(65)71)75(58-26-14-11-15-27-58)70-52(3)45-51(2)46-53(70)4/h10-19,23-32,35-40,44-50H,5-9,20-22,33-34,41-43H2,1-4H3. The first-order valence-electron chi connectivity index (χ1n) is 28.2. The highest BCUT2D eigenvalue weighted by Crippen LogP contribution is 2.58. The number of fused-ring (bicyclic) bond motifs is 7. The van der Waals surface area contributed by atoms with Crippen LogP contribution in [0.4, 0.5) is 34.1 Å². The molecule has 1 heterocycles. The van der Waals surface area contributed by atoms with Gasteiger partial charge in [0.15, 0.2) is 0 Å². The van der Waals surface area contributed by atoms with E-state index in [2.05, 4.69) is 231 Å². The van der Waals surface area contributed by atoms with Crippen LogP contribution in [0.3, 0.4) is 0 Å². The van der Waals surface area contributed by atoms with Gasteiger partial charge in [0.1, 0.15) is 0 Å². The number of benzene rings is 8. The van der Waals surface area contributed by atoms with E-state index in [0.717, 1.165) is 37.1 Å². The SMILES string of the molecule is CCCCCCC1(CCCCCCC2(c3ccc4c(c3)CC4)c3ccccc3-c3ccccc32)c2cc(N(c3ccccc3)c3cccnc3)ccc2-c2ccc(N(c3ccccc3)c3c(C)cc(C)cc3C)cc21. The third-order valence-corrected chi connectivity index (χ3v) is 17.4. The molecule has 0 spiro atoms. The summed E-state index contributed by atoms with van der Waals surface area (Å²) in [6.45, 7) is 9.13. The summed E-state index contributed by atoms with van der Waals surface area (Å²) in [7, 11) is 0. The second-order valence-electron chi connectivity index (χ2n) is 22.0. The second kappa shape index (κ2) is 20.7. The molecule has 0 N–H and O–H groups in total. The van der Waals surface area contributed by atoms with Crippen molar-refractivity contribution in [1.82, 2.24) is 4.98 Å². The number of para-hydroxylation sites is 2. The molecule has 3 aliphatic carbocycles. The monoisotopic (exact) mass is 978 g/mol. The fourth-order valence-electron chi connectivity index (χ4n) is 14.0. The average molecular weight is 978 g/mol. The summed E-state index contributed by atoms with van der Waals surface area (Å²) >= 11 is 0. The number of hydrogen-bond acceptors (Lipinski definition) is 3. The fraction of sp³-hybridized carbons (Fsp3) is 0.264. The Hall–Kier alpha value is -7.49. The van der Waals surface area contributed by atoms with Crippen LogP contribution in [0.1, 0.15) is 133 Å². The molecule has 3 heteroatoms. The number of hydrogen-bond donors (Lipinski definition) is 0. The van der Waals surface area contributed by atoms with Crippen LogP contribution in [-0.4, -0.2) is 4.98 Å². The lowest BCUT2D eigenvalue weighted by Gasteiger charge is -2.36. The molecule has 0 aliphatic heterocycles. The summed E-state index contributed by atoms with van der Waals surface area (Å²) in [5.74, 6) is 0. The van der Waals surface area contributed by atoms with Gasteiger partial charge in [-0.3, -0.25) is 4.98 Å². The van der Waals surface area contributed by atoms with Gasteiger partial charge < -0.3 is 9.80 Å². The molecule has 3 nitrogen and oxygen atoms in total. The molecule has 1 aromatic heterocycles. The van der Waals surface area contributed by atoms with Crippen molar-refractivity contribution in [2.75, 3.05) is 9.80 Å². The van der Waals surface area contributed by atoms with Crippen LogP contribution >= 0.6 is 0 Å². The van der Waals surface area contributed by atoms with Crippen molar-refractivity contribution in [3.63, 3.8) is 0 Å². The molecule has 374 valence electrons. The predicted molar refractivity (Wildman–Crippen MR) is 316 cm³/mol. The summed E-state index contributed by atoms with van der Waals surface area (Å²) in [5.41, 5.74) is 26.7. The minimum Gasteiger partial charge on any atom is -0.310 e. The smallest absolute Gasteiger partial charge is 0.0644 e. The maximum Gasteiger partial charge on any atom is 0.0644 e. The number of aryl methyl sites for hydroxylation is 5. The van der Waals surface area contributed by atoms with Gasteiger partial charge in [-0.15, -0.1) is 0 Å². The largest absolute Gasteiger partial charge is 0.310 e. The highest BCUT2D eigenvalue weighted by Gasteiger charge is 2.46. The van der Waals surface area contributed by atoms with E-state index in [-0.39, 0.29) is 10.8 Å². The van der Waals surface area contributed by atoms with Crippen molar-refractivity contribution in [1.29, 1.82) is 0 Å². The first kappa shape index (κ1) is 48.4. The molecule has 0 saturated carbocycles. The zero-order valence-corrected chi connectivity index (χ0v) is 44.6. The molecule has 0 saturated heterocycles. The van der Waals surface area contributed by atoms with Crippen LogP contribution in [0.25, 0.3) is 22.3 Å². The molecular formula is C72H71N3. The first-order valence-corrected chi connectivity index (χ1v) is 28.2. The van der Waals surface area contributed by atoms with Crippen molar-refractivity contribution in [3.05, 3.63) is 256 Å². The summed E-state index contributed by atoms with van der Waals surface area (Å²) in [4.78, 5) is 9.58. The molecule has 12 rings (SSSR count). The Labute approximate surface area is 447 Å². The number of nitrogens with zero attached hydrogens (tertiary/aromatic N) is 3. The van der Waals surface area contributed by atoms with Crippen LogP contribution in [0.2, 0.25) is 0 Å². The molecule has 0 bridgehead atoms. The average Bonchev–Trinajstić information content (AvgIpc) is 3.97. The number of unbranched alkanes of at least 4 members (excludes halogenated alkanes) is 6. The fourth-order valence-corrected chi connectivity index (χ4v) is 14.0. The van der Waals surface area contributed by atoms with E-state index in [0.29, 0.717) is 0 Å². The van der Waals surface area contributed by atoms with E-state index in [9.17, 15) is 0 Å². The Balaban J connectivity index is 0.942. The molecule has 8 aromatic carbocycles. The highest BCUT2D eigenvalue weighted by atomic mass is 15.2. The summed E-state index contributed by atoms with van der Waals surface area (Å²) < 4.78 is 0. The van der Waals surface area contributed by atoms with Crippen molar-refractivity contribution in [2.45, 2.75) is 122 Å². The van der Waals surface area contributed by atoms with Gasteiger partial charge in [0.2, 0.25) is 0 Å². The minimum atomic E-state index is -0.183. The number of aromatic nitrogens is 1. The minimum absolute atomic E-state index is 0.147. The van der Waals surface area contributed by atoms with E-state index in [4.69, 9.17) is 0 Å². The number of rotatable bonds is 19. The highest BCUT2D eigenvalue weighted by molar-refractivity contribution is 5.90. The van der Waals surface area contributed by atoms with E-state index < -0.39 is 0 Å². The van der Waals surface area contributed by atoms with Crippen LogP contribution in [0.5, 0.6) is 0 Å². The molecule has 9 aromatic rings. The Morgan fingerprint density at radius 1 is 0.413 bits per heavy atom. The van der Waals surface area contributed by atoms with E-state index in [1.165, 1.54) is 153 Å². The van der Waals surface area contributed by atoms with Crippen LogP contribution in [0.15, 0.2) is 200 Å². The maximum atomic E-state index is 4.64. The topological polar surface area (TPSA) is 19.4 Å². The van der Waals surface area contributed by atoms with Crippen molar-refractivity contribution >= 4 is 34.1 Å². The van der Waals surface area contributed by atoms with Gasteiger partial charge in [-0.1, -0.05) is 191 Å². The Morgan fingerprint density at radius 2 is 0.933 bits per heavy atom. The lowest BCUT2D eigenvalue weighted by Crippen LogP contribution is -2.28. The van der Waals surface area contributed by atoms with E-state index in [1.54, 1.807) is 5.56 Å². The summed E-state index contributed by atoms with van der Waals surface area (Å²) in [5, 5.41) is 0. The van der Waals surface area contributed by atoms with Crippen LogP contribution in [0, 0.1) is 20.8 Å². The van der Waals surface area contributed by atoms with Gasteiger partial charge in [-0.05, 0) is 186 Å². The Kier molecular flexibility index (Phi) is 13.4. The molecule has 0 amide bonds. The van der Waals surface area contributed by atoms with Gasteiger partial charge >= 0.3 is 0 Å². The summed E-state index contributed by atoms with van der Waals surface area (Å²) in [6.07, 6.45) is 19.2. The maximum absolute atomic E-state index is 4.64. The number of anilines is 6. The molecule has 1 atom stereocenters. The van der Waals surface area contributed by atoms with Gasteiger partial charge in [-0.25, -0.2) is 0 Å². The number of pyridine rings is 1. The van der Waals surface area contributed by atoms with Gasteiger partial charge in [0, 0.05) is 39.8 Å². The second-order valence-corrected chi connectivity index (χ2v) is 22.0. The molecule has 3 aliphatic rings. The summed E-state index contributed by atoms with van der Waals surface area (Å²) in [6, 6.07) is 71.8. The molecular weight excluding hydrogens is 907 g/mol. The van der Waals surface area contributed by atoms with E-state index in [1.807, 2.05) is 12.4 Å². The third-order valence-electron chi connectivity index (χ3n) is 17.4. The van der Waals surface area contributed by atoms with Gasteiger partial charge in [0.05, 0.1) is 17.6 Å². The quantitative estimate of drug-likeness (QED) is 0.0753. The molecule has 0 fully saturated rings. The molecule has 0 radical (unpaired) electrons. The van der Waals surface area contributed by atoms with Gasteiger partial charge in [0.25, 0.3) is 0 Å². The van der Waals surface area contributed by atoms with Crippen molar-refractivity contribution in [3.8, 4) is 22.3 Å². The van der Waals surface area contributed by atoms with Crippen LogP contribution < -0.4 is 9.80 Å². The van der Waals surface area contributed by atoms with Crippen LogP contribution in [-0.2, 0) is 23.7 Å². The lowest BCUT2D eigenvalue weighted by atomic mass is 9.67. The zero-order valence-electron chi connectivity index (χ0n) is 44.6. The first-order chi connectivity index (χ1) is 36.9. The molecule has 75 heavy (non-hydrogen) atoms. The van der Waals surface area contributed by atoms with E-state index >= 15 is 0 Å². The third kappa shape index (κ3) is 8.69. The zero-order chi connectivity index (χ0) is 50.9. The van der Waals surface area contributed by atoms with Crippen molar-refractivity contribution in [2.24, 2.45) is 0 Å². The Morgan fingerprint density at radius 3 is 1.49 bits per heavy atom. The van der Waals surface area contributed by atoms with Gasteiger partial charge in [-0.2, -0.15) is 0 Å². The predicted octanol–water partition coefficient (Wildman–Crippen LogP) is 19.6. The van der Waals surface area contributed by atoms with Crippen molar-refractivity contribution < 1.29 is 0 Å². The Bertz CT molecular complexity index is 3380.